The third kappa shape index (κ3) is 3.71. The number of nitrogens with one attached hydrogen (secondary N) is 2. The number of amides is 2. The van der Waals surface area contributed by atoms with Crippen molar-refractivity contribution in [3.8, 4) is 17.6 Å². The number of ether oxygens (including phenoxy) is 2. The molecule has 0 aromatic heterocycles. The number of nitriles is 1. The maximum Gasteiger partial charge on any atom is 0.315 e. The van der Waals surface area contributed by atoms with Gasteiger partial charge in [-0.1, -0.05) is 18.2 Å². The van der Waals surface area contributed by atoms with Crippen LogP contribution in [0.4, 0.5) is 4.79 Å². The standard InChI is InChI=1S/C17H15N3O3/c18-8-12-2-1-3-13(6-12)9-19-17(21)20-10-14-4-5-15-16(7-14)23-11-22-15/h1-7H,9-11H2,(H2,19,20,21). The summed E-state index contributed by atoms with van der Waals surface area (Å²) < 4.78 is 10.5. The van der Waals surface area contributed by atoms with Gasteiger partial charge in [0.2, 0.25) is 6.79 Å². The molecule has 0 atom stereocenters. The van der Waals surface area contributed by atoms with Crippen LogP contribution in [0.2, 0.25) is 0 Å². The maximum atomic E-state index is 11.8. The van der Waals surface area contributed by atoms with Crippen LogP contribution in [0.15, 0.2) is 42.5 Å². The Hall–Kier alpha value is -3.20. The minimum absolute atomic E-state index is 0.231. The molecule has 0 unspecified atom stereocenters. The third-order valence-electron chi connectivity index (χ3n) is 3.40. The number of fused-ring (bicyclic) bond motifs is 1. The Morgan fingerprint density at radius 3 is 2.57 bits per heavy atom. The van der Waals surface area contributed by atoms with Gasteiger partial charge in [-0.15, -0.1) is 0 Å². The van der Waals surface area contributed by atoms with Crippen LogP contribution in [0.1, 0.15) is 16.7 Å². The van der Waals surface area contributed by atoms with E-state index < -0.39 is 0 Å². The second-order valence-corrected chi connectivity index (χ2v) is 5.04. The molecule has 0 bridgehead atoms. The monoisotopic (exact) mass is 309 g/mol. The quantitative estimate of drug-likeness (QED) is 0.907. The average molecular weight is 309 g/mol. The van der Waals surface area contributed by atoms with Crippen molar-refractivity contribution >= 4 is 6.03 Å². The molecule has 0 aliphatic carbocycles. The van der Waals surface area contributed by atoms with E-state index in [1.807, 2.05) is 24.3 Å². The van der Waals surface area contributed by atoms with Crippen LogP contribution in [0.5, 0.6) is 11.5 Å². The van der Waals surface area contributed by atoms with Gasteiger partial charge in [0.1, 0.15) is 0 Å². The van der Waals surface area contributed by atoms with Gasteiger partial charge in [0.05, 0.1) is 11.6 Å². The fourth-order valence-corrected chi connectivity index (χ4v) is 2.23. The van der Waals surface area contributed by atoms with Gasteiger partial charge in [0, 0.05) is 13.1 Å². The van der Waals surface area contributed by atoms with Gasteiger partial charge >= 0.3 is 6.03 Å². The highest BCUT2D eigenvalue weighted by molar-refractivity contribution is 5.73. The number of hydrogen-bond acceptors (Lipinski definition) is 4. The lowest BCUT2D eigenvalue weighted by Gasteiger charge is -2.08. The summed E-state index contributed by atoms with van der Waals surface area (Å²) in [6.07, 6.45) is 0. The predicted octanol–water partition coefficient (Wildman–Crippen LogP) is 2.29. The fraction of sp³-hybridized carbons (Fsp3) is 0.176. The zero-order valence-corrected chi connectivity index (χ0v) is 12.3. The Morgan fingerprint density at radius 2 is 1.78 bits per heavy atom. The Bertz CT molecular complexity index is 768. The second kappa shape index (κ2) is 6.71. The van der Waals surface area contributed by atoms with Crippen molar-refractivity contribution in [3.05, 3.63) is 59.2 Å². The molecule has 0 spiro atoms. The fourth-order valence-electron chi connectivity index (χ4n) is 2.23. The summed E-state index contributed by atoms with van der Waals surface area (Å²) in [6, 6.07) is 14.5. The number of carbonyl (C=O) groups is 1. The molecule has 0 saturated heterocycles. The molecule has 23 heavy (non-hydrogen) atoms. The minimum atomic E-state index is -0.273. The first-order chi connectivity index (χ1) is 11.2. The van der Waals surface area contributed by atoms with Gasteiger partial charge in [-0.25, -0.2) is 4.79 Å². The Kier molecular flexibility index (Phi) is 4.29. The Balaban J connectivity index is 1.49. The number of rotatable bonds is 4. The van der Waals surface area contributed by atoms with E-state index in [1.165, 1.54) is 0 Å². The molecule has 6 nitrogen and oxygen atoms in total. The zero-order chi connectivity index (χ0) is 16.1. The van der Waals surface area contributed by atoms with Crippen LogP contribution in [0, 0.1) is 11.3 Å². The van der Waals surface area contributed by atoms with E-state index in [0.717, 1.165) is 16.9 Å². The molecule has 116 valence electrons. The number of hydrogen-bond donors (Lipinski definition) is 2. The molecular formula is C17H15N3O3. The van der Waals surface area contributed by atoms with Crippen molar-refractivity contribution in [3.63, 3.8) is 0 Å². The molecule has 0 fully saturated rings. The van der Waals surface area contributed by atoms with Gasteiger partial charge in [-0.05, 0) is 35.4 Å². The number of urea groups is 1. The highest BCUT2D eigenvalue weighted by atomic mass is 16.7. The van der Waals surface area contributed by atoms with Crippen molar-refractivity contribution in [2.75, 3.05) is 6.79 Å². The Morgan fingerprint density at radius 1 is 1.04 bits per heavy atom. The third-order valence-corrected chi connectivity index (χ3v) is 3.40. The summed E-state index contributed by atoms with van der Waals surface area (Å²) in [7, 11) is 0. The van der Waals surface area contributed by atoms with Gasteiger partial charge in [-0.2, -0.15) is 5.26 Å². The lowest BCUT2D eigenvalue weighted by Crippen LogP contribution is -2.34. The molecule has 3 rings (SSSR count). The largest absolute Gasteiger partial charge is 0.454 e. The van der Waals surface area contributed by atoms with E-state index in [2.05, 4.69) is 16.7 Å². The van der Waals surface area contributed by atoms with Gasteiger partial charge in [0.15, 0.2) is 11.5 Å². The van der Waals surface area contributed by atoms with Crippen molar-refractivity contribution < 1.29 is 14.3 Å². The summed E-state index contributed by atoms with van der Waals surface area (Å²) in [5.74, 6) is 1.41. The first-order valence-electron chi connectivity index (χ1n) is 7.14. The first-order valence-corrected chi connectivity index (χ1v) is 7.14. The molecule has 2 aromatic carbocycles. The van der Waals surface area contributed by atoms with Crippen molar-refractivity contribution in [2.24, 2.45) is 0 Å². The maximum absolute atomic E-state index is 11.8. The van der Waals surface area contributed by atoms with Crippen molar-refractivity contribution in [1.82, 2.24) is 10.6 Å². The summed E-state index contributed by atoms with van der Waals surface area (Å²) in [6.45, 7) is 0.984. The highest BCUT2D eigenvalue weighted by Gasteiger charge is 2.13. The lowest BCUT2D eigenvalue weighted by atomic mass is 10.1. The SMILES string of the molecule is N#Cc1cccc(CNC(=O)NCc2ccc3c(c2)OCO3)c1. The predicted molar refractivity (Wildman–Crippen MR) is 82.8 cm³/mol. The minimum Gasteiger partial charge on any atom is -0.454 e. The Labute approximate surface area is 133 Å². The normalized spacial score (nSPS) is 11.6. The highest BCUT2D eigenvalue weighted by Crippen LogP contribution is 2.32. The molecule has 6 heteroatoms. The summed E-state index contributed by atoms with van der Waals surface area (Å²) in [4.78, 5) is 11.8. The van der Waals surface area contributed by atoms with Gasteiger partial charge in [0.25, 0.3) is 0 Å². The van der Waals surface area contributed by atoms with Crippen LogP contribution >= 0.6 is 0 Å². The number of benzene rings is 2. The van der Waals surface area contributed by atoms with E-state index in [9.17, 15) is 4.79 Å². The first kappa shape index (κ1) is 14.7. The van der Waals surface area contributed by atoms with Crippen LogP contribution < -0.4 is 20.1 Å². The van der Waals surface area contributed by atoms with Crippen molar-refractivity contribution in [2.45, 2.75) is 13.1 Å². The molecule has 1 aliphatic rings. The van der Waals surface area contributed by atoms with E-state index in [0.29, 0.717) is 24.4 Å². The van der Waals surface area contributed by atoms with E-state index in [4.69, 9.17) is 14.7 Å². The molecule has 1 aliphatic heterocycles. The smallest absolute Gasteiger partial charge is 0.315 e. The van der Waals surface area contributed by atoms with Crippen LogP contribution in [0.3, 0.4) is 0 Å². The number of carbonyl (C=O) groups excluding carboxylic acids is 1. The van der Waals surface area contributed by atoms with Gasteiger partial charge in [-0.3, -0.25) is 0 Å². The molecular weight excluding hydrogens is 294 g/mol. The molecule has 2 N–H and O–H groups in total. The molecule has 0 saturated carbocycles. The molecule has 0 radical (unpaired) electrons. The van der Waals surface area contributed by atoms with Crippen molar-refractivity contribution in [1.29, 1.82) is 5.26 Å². The molecule has 2 aromatic rings. The molecule has 1 heterocycles. The summed E-state index contributed by atoms with van der Waals surface area (Å²) in [5.41, 5.74) is 2.38. The van der Waals surface area contributed by atoms with E-state index in [1.54, 1.807) is 18.2 Å². The summed E-state index contributed by atoms with van der Waals surface area (Å²) in [5, 5.41) is 14.4. The number of nitrogens with zero attached hydrogens (tertiary/aromatic N) is 1. The average Bonchev–Trinajstić information content (AvgIpc) is 3.06. The van der Waals surface area contributed by atoms with E-state index >= 15 is 0 Å². The zero-order valence-electron chi connectivity index (χ0n) is 12.3. The van der Waals surface area contributed by atoms with Crippen LogP contribution in [0.25, 0.3) is 0 Å². The second-order valence-electron chi connectivity index (χ2n) is 5.04. The van der Waals surface area contributed by atoms with Gasteiger partial charge < -0.3 is 20.1 Å². The van der Waals surface area contributed by atoms with E-state index in [-0.39, 0.29) is 12.8 Å². The topological polar surface area (TPSA) is 83.4 Å². The summed E-state index contributed by atoms with van der Waals surface area (Å²) >= 11 is 0. The van der Waals surface area contributed by atoms with Crippen LogP contribution in [-0.4, -0.2) is 12.8 Å². The lowest BCUT2D eigenvalue weighted by molar-refractivity contribution is 0.174. The molecule has 2 amide bonds. The van der Waals surface area contributed by atoms with Crippen LogP contribution in [-0.2, 0) is 13.1 Å².